The molecule has 0 N–H and O–H groups in total. The number of amides is 1. The van der Waals surface area contributed by atoms with E-state index in [-0.39, 0.29) is 19.2 Å². The van der Waals surface area contributed by atoms with Crippen molar-refractivity contribution in [1.82, 2.24) is 4.90 Å². The molecule has 0 radical (unpaired) electrons. The van der Waals surface area contributed by atoms with Crippen LogP contribution in [0.5, 0.6) is 0 Å². The molecule has 1 saturated heterocycles. The molecule has 1 heterocycles. The first-order valence-electron chi connectivity index (χ1n) is 7.41. The molecule has 0 aliphatic carbocycles. The molecule has 1 aromatic rings. The molecule has 6 heteroatoms. The Morgan fingerprint density at radius 1 is 1.36 bits per heavy atom. The van der Waals surface area contributed by atoms with Crippen molar-refractivity contribution in [2.24, 2.45) is 0 Å². The van der Waals surface area contributed by atoms with Gasteiger partial charge in [0.1, 0.15) is 6.61 Å². The molecule has 2 rings (SSSR count). The average molecular weight is 318 g/mol. The predicted molar refractivity (Wildman–Crippen MR) is 85.6 cm³/mol. The number of hydrogen-bond donors (Lipinski definition) is 0. The lowest BCUT2D eigenvalue weighted by molar-refractivity contribution is 0.0879. The third-order valence-electron chi connectivity index (χ3n) is 3.40. The van der Waals surface area contributed by atoms with Gasteiger partial charge in [-0.2, -0.15) is 5.26 Å². The summed E-state index contributed by atoms with van der Waals surface area (Å²) in [7, 11) is -1.85. The van der Waals surface area contributed by atoms with Crippen LogP contribution in [0.2, 0.25) is 19.6 Å². The Labute approximate surface area is 132 Å². The summed E-state index contributed by atoms with van der Waals surface area (Å²) in [6, 6.07) is 11.8. The maximum Gasteiger partial charge on any atom is 0.410 e. The lowest BCUT2D eigenvalue weighted by Crippen LogP contribution is -2.44. The first-order valence-corrected chi connectivity index (χ1v) is 10.8. The van der Waals surface area contributed by atoms with Crippen LogP contribution in [0.4, 0.5) is 4.79 Å². The summed E-state index contributed by atoms with van der Waals surface area (Å²) >= 11 is 0. The van der Waals surface area contributed by atoms with Gasteiger partial charge in [-0.25, -0.2) is 4.79 Å². The molecule has 0 bridgehead atoms. The number of likely N-dealkylation sites (tertiary alicyclic amines) is 1. The van der Waals surface area contributed by atoms with Crippen LogP contribution >= 0.6 is 0 Å². The van der Waals surface area contributed by atoms with Gasteiger partial charge < -0.3 is 14.1 Å². The van der Waals surface area contributed by atoms with Crippen molar-refractivity contribution in [2.75, 3.05) is 13.1 Å². The summed E-state index contributed by atoms with van der Waals surface area (Å²) in [4.78, 5) is 13.7. The predicted octanol–water partition coefficient (Wildman–Crippen LogP) is 3.14. The quantitative estimate of drug-likeness (QED) is 0.800. The standard InChI is InChI=1S/C16H22N2O3Si/c1-22(2,3)21-16(12-17)9-10-18(13-16)15(19)20-11-14-7-5-4-6-8-14/h4-8H,9-11,13H2,1-3H3. The van der Waals surface area contributed by atoms with Gasteiger partial charge in [-0.1, -0.05) is 30.3 Å². The van der Waals surface area contributed by atoms with Crippen LogP contribution in [0.15, 0.2) is 30.3 Å². The smallest absolute Gasteiger partial charge is 0.410 e. The highest BCUT2D eigenvalue weighted by Gasteiger charge is 2.44. The Balaban J connectivity index is 1.92. The molecule has 5 nitrogen and oxygen atoms in total. The van der Waals surface area contributed by atoms with Crippen molar-refractivity contribution in [3.8, 4) is 6.07 Å². The van der Waals surface area contributed by atoms with Gasteiger partial charge in [-0.05, 0) is 25.2 Å². The number of benzene rings is 1. The molecule has 1 aliphatic rings. The summed E-state index contributed by atoms with van der Waals surface area (Å²) in [5.74, 6) is 0. The number of nitriles is 1. The highest BCUT2D eigenvalue weighted by atomic mass is 28.4. The number of carbonyl (C=O) groups is 1. The minimum atomic E-state index is -1.85. The van der Waals surface area contributed by atoms with Crippen LogP contribution in [0.1, 0.15) is 12.0 Å². The molecule has 0 spiro atoms. The number of nitrogens with zero attached hydrogens (tertiary/aromatic N) is 2. The van der Waals surface area contributed by atoms with Gasteiger partial charge >= 0.3 is 6.09 Å². The molecule has 1 unspecified atom stereocenters. The first-order chi connectivity index (χ1) is 10.3. The van der Waals surface area contributed by atoms with Gasteiger partial charge in [-0.15, -0.1) is 0 Å². The van der Waals surface area contributed by atoms with Gasteiger partial charge in [0.05, 0.1) is 12.6 Å². The molecular formula is C16H22N2O3Si. The van der Waals surface area contributed by atoms with Crippen LogP contribution in [-0.2, 0) is 15.8 Å². The highest BCUT2D eigenvalue weighted by molar-refractivity contribution is 6.69. The van der Waals surface area contributed by atoms with Gasteiger partial charge in [-0.3, -0.25) is 0 Å². The van der Waals surface area contributed by atoms with Crippen LogP contribution in [0, 0.1) is 11.3 Å². The van der Waals surface area contributed by atoms with Crippen molar-refractivity contribution in [2.45, 2.75) is 38.3 Å². The van der Waals surface area contributed by atoms with Gasteiger partial charge in [0.2, 0.25) is 0 Å². The third kappa shape index (κ3) is 4.32. The fourth-order valence-electron chi connectivity index (χ4n) is 2.53. The zero-order chi connectivity index (χ0) is 16.2. The average Bonchev–Trinajstić information content (AvgIpc) is 2.88. The summed E-state index contributed by atoms with van der Waals surface area (Å²) in [6.45, 7) is 7.14. The molecule has 0 aromatic heterocycles. The van der Waals surface area contributed by atoms with E-state index >= 15 is 0 Å². The summed E-state index contributed by atoms with van der Waals surface area (Å²) in [6.07, 6.45) is 0.147. The second-order valence-corrected chi connectivity index (χ2v) is 11.0. The largest absolute Gasteiger partial charge is 0.445 e. The Morgan fingerprint density at radius 3 is 2.64 bits per heavy atom. The molecule has 1 aliphatic heterocycles. The zero-order valence-corrected chi connectivity index (χ0v) is 14.3. The summed E-state index contributed by atoms with van der Waals surface area (Å²) < 4.78 is 11.3. The summed E-state index contributed by atoms with van der Waals surface area (Å²) in [5.41, 5.74) is 0.0657. The normalized spacial score (nSPS) is 21.5. The van der Waals surface area contributed by atoms with E-state index in [9.17, 15) is 10.1 Å². The van der Waals surface area contributed by atoms with Gasteiger partial charge in [0.15, 0.2) is 13.9 Å². The Morgan fingerprint density at radius 2 is 2.05 bits per heavy atom. The van der Waals surface area contributed by atoms with E-state index in [1.807, 2.05) is 50.0 Å². The van der Waals surface area contributed by atoms with Crippen LogP contribution in [-0.4, -0.2) is 38.0 Å². The maximum atomic E-state index is 12.1. The van der Waals surface area contributed by atoms with Crippen molar-refractivity contribution < 1.29 is 14.0 Å². The van der Waals surface area contributed by atoms with E-state index in [0.717, 1.165) is 5.56 Å². The van der Waals surface area contributed by atoms with Crippen LogP contribution < -0.4 is 0 Å². The van der Waals surface area contributed by atoms with Gasteiger partial charge in [0, 0.05) is 13.0 Å². The summed E-state index contributed by atoms with van der Waals surface area (Å²) in [5, 5.41) is 9.46. The monoisotopic (exact) mass is 318 g/mol. The first kappa shape index (κ1) is 16.5. The van der Waals surface area contributed by atoms with Gasteiger partial charge in [0.25, 0.3) is 0 Å². The lowest BCUT2D eigenvalue weighted by atomic mass is 10.1. The lowest BCUT2D eigenvalue weighted by Gasteiger charge is -2.30. The Bertz CT molecular complexity index is 565. The van der Waals surface area contributed by atoms with Crippen molar-refractivity contribution in [3.63, 3.8) is 0 Å². The molecule has 22 heavy (non-hydrogen) atoms. The van der Waals surface area contributed by atoms with Crippen molar-refractivity contribution >= 4 is 14.4 Å². The fraction of sp³-hybridized carbons (Fsp3) is 0.500. The molecule has 0 saturated carbocycles. The zero-order valence-electron chi connectivity index (χ0n) is 13.3. The maximum absolute atomic E-state index is 12.1. The van der Waals surface area contributed by atoms with E-state index in [2.05, 4.69) is 6.07 Å². The highest BCUT2D eigenvalue weighted by Crippen LogP contribution is 2.29. The van der Waals surface area contributed by atoms with E-state index in [0.29, 0.717) is 13.0 Å². The fourth-order valence-corrected chi connectivity index (χ4v) is 3.92. The van der Waals surface area contributed by atoms with Crippen LogP contribution in [0.25, 0.3) is 0 Å². The number of carbonyl (C=O) groups excluding carboxylic acids is 1. The molecule has 1 atom stereocenters. The van der Waals surface area contributed by atoms with E-state index in [1.165, 1.54) is 0 Å². The Kier molecular flexibility index (Phi) is 4.89. The van der Waals surface area contributed by atoms with E-state index < -0.39 is 13.9 Å². The van der Waals surface area contributed by atoms with E-state index in [4.69, 9.17) is 9.16 Å². The SMILES string of the molecule is C[Si](C)(C)OC1(C#N)CCN(C(=O)OCc2ccccc2)C1. The van der Waals surface area contributed by atoms with Crippen molar-refractivity contribution in [3.05, 3.63) is 35.9 Å². The molecular weight excluding hydrogens is 296 g/mol. The van der Waals surface area contributed by atoms with E-state index in [1.54, 1.807) is 4.90 Å². The third-order valence-corrected chi connectivity index (χ3v) is 4.40. The Hall–Kier alpha value is -1.84. The second kappa shape index (κ2) is 6.51. The number of hydrogen-bond acceptors (Lipinski definition) is 4. The molecule has 1 fully saturated rings. The topological polar surface area (TPSA) is 62.6 Å². The number of ether oxygens (including phenoxy) is 1. The van der Waals surface area contributed by atoms with Crippen molar-refractivity contribution in [1.29, 1.82) is 5.26 Å². The number of rotatable bonds is 4. The minimum absolute atomic E-state index is 0.241. The molecule has 1 aromatic carbocycles. The second-order valence-electron chi connectivity index (χ2n) is 6.53. The van der Waals surface area contributed by atoms with Crippen LogP contribution in [0.3, 0.4) is 0 Å². The molecule has 1 amide bonds. The minimum Gasteiger partial charge on any atom is -0.445 e. The molecule has 118 valence electrons.